The smallest absolute Gasteiger partial charge is 0.149 e. The van der Waals surface area contributed by atoms with Crippen LogP contribution in [-0.4, -0.2) is 30.4 Å². The fourth-order valence-electron chi connectivity index (χ4n) is 1.64. The van der Waals surface area contributed by atoms with E-state index in [2.05, 4.69) is 29.4 Å². The van der Waals surface area contributed by atoms with Crippen molar-refractivity contribution >= 4 is 14.1 Å². The molecule has 0 bridgehead atoms. The zero-order valence-electron chi connectivity index (χ0n) is 8.17. The first-order valence-corrected chi connectivity index (χ1v) is 7.99. The number of piperidine rings is 1. The largest absolute Gasteiger partial charge is 0.409 e. The maximum atomic E-state index is 8.79. The second-order valence-corrected chi connectivity index (χ2v) is 9.18. The molecule has 1 fully saturated rings. The molecule has 12 heavy (non-hydrogen) atoms. The molecular weight excluding hydrogens is 168 g/mol. The normalized spacial score (nSPS) is 23.2. The second-order valence-electron chi connectivity index (χ2n) is 4.30. The molecule has 0 atom stereocenters. The van der Waals surface area contributed by atoms with Crippen LogP contribution in [0, 0.1) is 0 Å². The summed E-state index contributed by atoms with van der Waals surface area (Å²) in [4.78, 5) is 0. The Morgan fingerprint density at radius 3 is 2.42 bits per heavy atom. The molecule has 3 nitrogen and oxygen atoms in total. The zero-order chi connectivity index (χ0) is 9.19. The lowest BCUT2D eigenvalue weighted by Gasteiger charge is -2.39. The lowest BCUT2D eigenvalue weighted by atomic mass is 10.1. The van der Waals surface area contributed by atoms with Crippen LogP contribution in [0.4, 0.5) is 0 Å². The van der Waals surface area contributed by atoms with Gasteiger partial charge >= 0.3 is 0 Å². The van der Waals surface area contributed by atoms with Crippen LogP contribution < -0.4 is 0 Å². The van der Waals surface area contributed by atoms with Gasteiger partial charge in [-0.2, -0.15) is 0 Å². The Hall–Kier alpha value is -0.513. The summed E-state index contributed by atoms with van der Waals surface area (Å²) < 4.78 is 2.32. The van der Waals surface area contributed by atoms with Gasteiger partial charge in [0.15, 0.2) is 0 Å². The highest BCUT2D eigenvalue weighted by molar-refractivity contribution is 6.75. The molecule has 0 aromatic carbocycles. The van der Waals surface area contributed by atoms with E-state index in [9.17, 15) is 0 Å². The topological polar surface area (TPSA) is 35.8 Å². The van der Waals surface area contributed by atoms with Crippen molar-refractivity contribution in [2.75, 3.05) is 6.54 Å². The van der Waals surface area contributed by atoms with Crippen molar-refractivity contribution in [3.63, 3.8) is 0 Å². The first-order valence-electron chi connectivity index (χ1n) is 4.54. The van der Waals surface area contributed by atoms with E-state index in [4.69, 9.17) is 5.21 Å². The van der Waals surface area contributed by atoms with E-state index in [0.29, 0.717) is 0 Å². The fourth-order valence-corrected chi connectivity index (χ4v) is 3.40. The van der Waals surface area contributed by atoms with E-state index < -0.39 is 8.24 Å². The van der Waals surface area contributed by atoms with Gasteiger partial charge in [0.1, 0.15) is 14.1 Å². The van der Waals surface area contributed by atoms with Crippen molar-refractivity contribution in [2.45, 2.75) is 38.9 Å². The van der Waals surface area contributed by atoms with Gasteiger partial charge in [-0.15, -0.1) is 0 Å². The molecule has 1 aliphatic heterocycles. The van der Waals surface area contributed by atoms with E-state index in [0.717, 1.165) is 18.8 Å². The van der Waals surface area contributed by atoms with Crippen LogP contribution in [0.15, 0.2) is 5.16 Å². The van der Waals surface area contributed by atoms with Gasteiger partial charge in [0.25, 0.3) is 0 Å². The van der Waals surface area contributed by atoms with Crippen LogP contribution in [0.3, 0.4) is 0 Å². The molecule has 1 saturated heterocycles. The highest BCUT2D eigenvalue weighted by Gasteiger charge is 2.28. The third-order valence-corrected chi connectivity index (χ3v) is 4.37. The number of hydrogen-bond donors (Lipinski definition) is 1. The number of oxime groups is 1. The van der Waals surface area contributed by atoms with Gasteiger partial charge in [0, 0.05) is 13.0 Å². The Labute approximate surface area is 75.2 Å². The van der Waals surface area contributed by atoms with E-state index in [1.54, 1.807) is 0 Å². The Morgan fingerprint density at radius 2 is 2.00 bits per heavy atom. The molecule has 1 rings (SSSR count). The van der Waals surface area contributed by atoms with Crippen molar-refractivity contribution in [1.82, 2.24) is 4.57 Å². The summed E-state index contributed by atoms with van der Waals surface area (Å²) in [6, 6.07) is 0. The number of rotatable bonds is 1. The van der Waals surface area contributed by atoms with Crippen molar-refractivity contribution in [3.05, 3.63) is 0 Å². The Bertz CT molecular complexity index is 186. The Balaban J connectivity index is 2.73. The second kappa shape index (κ2) is 3.47. The molecular formula is C8H18N2OSi. The number of amidine groups is 1. The minimum atomic E-state index is -1.30. The molecule has 1 N–H and O–H groups in total. The number of hydrogen-bond acceptors (Lipinski definition) is 2. The van der Waals surface area contributed by atoms with Gasteiger partial charge in [-0.1, -0.05) is 24.8 Å². The lowest BCUT2D eigenvalue weighted by molar-refractivity contribution is 0.304. The van der Waals surface area contributed by atoms with Crippen LogP contribution in [0.1, 0.15) is 19.3 Å². The first kappa shape index (κ1) is 9.57. The summed E-state index contributed by atoms with van der Waals surface area (Å²) in [5.41, 5.74) is 0. The molecule has 0 spiro atoms. The monoisotopic (exact) mass is 186 g/mol. The summed E-state index contributed by atoms with van der Waals surface area (Å²) >= 11 is 0. The van der Waals surface area contributed by atoms with Crippen LogP contribution in [-0.2, 0) is 0 Å². The first-order chi connectivity index (χ1) is 5.55. The molecule has 0 radical (unpaired) electrons. The molecule has 0 aromatic heterocycles. The van der Waals surface area contributed by atoms with Gasteiger partial charge in [-0.3, -0.25) is 0 Å². The average molecular weight is 186 g/mol. The standard InChI is InChI=1S/C8H18N2OSi/c1-12(2,3)10-7-5-4-6-8(10)9-11/h11H,4-7H2,1-3H3. The van der Waals surface area contributed by atoms with Crippen molar-refractivity contribution in [3.8, 4) is 0 Å². The summed E-state index contributed by atoms with van der Waals surface area (Å²) in [6.07, 6.45) is 3.35. The molecule has 1 heterocycles. The molecule has 0 aliphatic carbocycles. The van der Waals surface area contributed by atoms with E-state index in [-0.39, 0.29) is 0 Å². The molecule has 4 heteroatoms. The molecule has 0 aromatic rings. The Kier molecular flexibility index (Phi) is 2.77. The molecule has 1 aliphatic rings. The van der Waals surface area contributed by atoms with Gasteiger partial charge in [-0.05, 0) is 12.8 Å². The summed E-state index contributed by atoms with van der Waals surface area (Å²) in [5, 5.41) is 12.2. The quantitative estimate of drug-likeness (QED) is 0.387. The third-order valence-electron chi connectivity index (χ3n) is 2.27. The van der Waals surface area contributed by atoms with E-state index >= 15 is 0 Å². The predicted molar refractivity (Wildman–Crippen MR) is 53.1 cm³/mol. The third kappa shape index (κ3) is 2.00. The molecule has 0 amide bonds. The molecule has 0 unspecified atom stereocenters. The Morgan fingerprint density at radius 1 is 1.33 bits per heavy atom. The number of nitrogens with zero attached hydrogens (tertiary/aromatic N) is 2. The van der Waals surface area contributed by atoms with Crippen molar-refractivity contribution < 1.29 is 5.21 Å². The fraction of sp³-hybridized carbons (Fsp3) is 0.875. The average Bonchev–Trinajstić information content (AvgIpc) is 2.03. The maximum absolute atomic E-state index is 8.79. The van der Waals surface area contributed by atoms with Crippen molar-refractivity contribution in [1.29, 1.82) is 0 Å². The molecule has 70 valence electrons. The van der Waals surface area contributed by atoms with Gasteiger partial charge < -0.3 is 9.77 Å². The lowest BCUT2D eigenvalue weighted by Crippen LogP contribution is -2.51. The minimum absolute atomic E-state index is 0.903. The SMILES string of the molecule is C[Si](C)(C)N1CCCCC1=NO. The van der Waals surface area contributed by atoms with E-state index in [1.165, 1.54) is 12.8 Å². The summed E-state index contributed by atoms with van der Waals surface area (Å²) in [6.45, 7) is 7.92. The highest BCUT2D eigenvalue weighted by atomic mass is 28.3. The zero-order valence-corrected chi connectivity index (χ0v) is 9.17. The van der Waals surface area contributed by atoms with E-state index in [1.807, 2.05) is 0 Å². The van der Waals surface area contributed by atoms with Gasteiger partial charge in [0.05, 0.1) is 0 Å². The van der Waals surface area contributed by atoms with Crippen LogP contribution in [0.5, 0.6) is 0 Å². The predicted octanol–water partition coefficient (Wildman–Crippen LogP) is 2.09. The summed E-state index contributed by atoms with van der Waals surface area (Å²) in [7, 11) is -1.30. The van der Waals surface area contributed by atoms with Crippen LogP contribution >= 0.6 is 0 Å². The van der Waals surface area contributed by atoms with Crippen molar-refractivity contribution in [2.24, 2.45) is 5.16 Å². The van der Waals surface area contributed by atoms with Crippen LogP contribution in [0.25, 0.3) is 0 Å². The van der Waals surface area contributed by atoms with Crippen LogP contribution in [0.2, 0.25) is 19.6 Å². The van der Waals surface area contributed by atoms with Gasteiger partial charge in [-0.25, -0.2) is 0 Å². The minimum Gasteiger partial charge on any atom is -0.409 e. The molecule has 0 saturated carbocycles. The highest BCUT2D eigenvalue weighted by Crippen LogP contribution is 2.19. The maximum Gasteiger partial charge on any atom is 0.149 e. The van der Waals surface area contributed by atoms with Gasteiger partial charge in [0.2, 0.25) is 0 Å². The summed E-state index contributed by atoms with van der Waals surface area (Å²) in [5.74, 6) is 0.903.